The minimum Gasteiger partial charge on any atom is -0.480 e. The number of carboxylic acids is 1. The van der Waals surface area contributed by atoms with Gasteiger partial charge in [0.15, 0.2) is 0 Å². The van der Waals surface area contributed by atoms with Crippen molar-refractivity contribution in [2.75, 3.05) is 6.54 Å². The number of hydrogen-bond donors (Lipinski definition) is 2. The molecule has 0 spiro atoms. The van der Waals surface area contributed by atoms with Crippen LogP contribution in [0.2, 0.25) is 0 Å². The molecule has 160 valence electrons. The average molecular weight is 441 g/mol. The van der Waals surface area contributed by atoms with Crippen LogP contribution < -0.4 is 5.32 Å². The van der Waals surface area contributed by atoms with E-state index in [-0.39, 0.29) is 0 Å². The van der Waals surface area contributed by atoms with Gasteiger partial charge in [-0.2, -0.15) is 0 Å². The van der Waals surface area contributed by atoms with Crippen LogP contribution in [0, 0.1) is 0 Å². The van der Waals surface area contributed by atoms with E-state index in [9.17, 15) is 14.7 Å². The molecule has 2 rings (SSSR count). The summed E-state index contributed by atoms with van der Waals surface area (Å²) in [5.41, 5.74) is -0.667. The van der Waals surface area contributed by atoms with Gasteiger partial charge in [0.05, 0.1) is 13.1 Å². The highest BCUT2D eigenvalue weighted by Gasteiger charge is 2.23. The van der Waals surface area contributed by atoms with Crippen molar-refractivity contribution in [1.29, 1.82) is 0 Å². The Bertz CT molecular complexity index is 709. The number of carboxylic acid groups (broad SMARTS) is 1. The summed E-state index contributed by atoms with van der Waals surface area (Å²) in [4.78, 5) is 34.3. The van der Waals surface area contributed by atoms with E-state index in [0.717, 1.165) is 36.1 Å². The predicted octanol–water partition coefficient (Wildman–Crippen LogP) is 3.75. The number of aromatic nitrogens is 2. The molecule has 0 aliphatic heterocycles. The van der Waals surface area contributed by atoms with Gasteiger partial charge in [0.25, 0.3) is 0 Å². The maximum atomic E-state index is 11.9. The summed E-state index contributed by atoms with van der Waals surface area (Å²) in [6.07, 6.45) is 4.69. The maximum absolute atomic E-state index is 11.9. The molecule has 0 aliphatic carbocycles. The smallest absolute Gasteiger partial charge is 0.408 e. The molecule has 2 N–H and O–H groups in total. The summed E-state index contributed by atoms with van der Waals surface area (Å²) in [5.74, 6) is -1.06. The zero-order chi connectivity index (χ0) is 21.3. The number of unbranched alkanes of at least 4 members (excludes halogenated alkanes) is 1. The normalized spacial score (nSPS) is 12.7. The lowest BCUT2D eigenvalue weighted by Crippen LogP contribution is -2.43. The minimum atomic E-state index is -1.06. The van der Waals surface area contributed by atoms with Gasteiger partial charge in [-0.15, -0.1) is 22.7 Å². The van der Waals surface area contributed by atoms with Crippen molar-refractivity contribution in [1.82, 2.24) is 20.2 Å². The summed E-state index contributed by atoms with van der Waals surface area (Å²) in [6, 6.07) is -0.962. The quantitative estimate of drug-likeness (QED) is 0.513. The third-order valence-corrected chi connectivity index (χ3v) is 5.42. The Balaban J connectivity index is 1.81. The van der Waals surface area contributed by atoms with Gasteiger partial charge in [-0.05, 0) is 46.6 Å². The average Bonchev–Trinajstić information content (AvgIpc) is 3.29. The van der Waals surface area contributed by atoms with Crippen molar-refractivity contribution in [2.45, 2.75) is 64.8 Å². The Morgan fingerprint density at radius 3 is 2.17 bits per heavy atom. The second-order valence-corrected chi connectivity index (χ2v) is 9.55. The highest BCUT2D eigenvalue weighted by atomic mass is 32.1. The van der Waals surface area contributed by atoms with Crippen LogP contribution in [0.15, 0.2) is 23.2 Å². The van der Waals surface area contributed by atoms with Gasteiger partial charge < -0.3 is 15.2 Å². The summed E-state index contributed by atoms with van der Waals surface area (Å²) in [6.45, 7) is 7.47. The van der Waals surface area contributed by atoms with E-state index in [1.165, 1.54) is 0 Å². The topological polar surface area (TPSA) is 105 Å². The number of rotatable bonds is 11. The lowest BCUT2D eigenvalue weighted by atomic mass is 10.1. The molecule has 1 amide bonds. The fraction of sp³-hybridized carbons (Fsp3) is 0.579. The van der Waals surface area contributed by atoms with Crippen LogP contribution in [-0.4, -0.2) is 50.2 Å². The first-order valence-electron chi connectivity index (χ1n) is 9.44. The lowest BCUT2D eigenvalue weighted by molar-refractivity contribution is -0.139. The minimum absolute atomic E-state index is 0.344. The zero-order valence-corrected chi connectivity index (χ0v) is 18.6. The van der Waals surface area contributed by atoms with Crippen LogP contribution in [-0.2, 0) is 22.6 Å². The SMILES string of the molecule is CC(C)(C)OC(=O)N[C@H](CCCCN(Cc1nccs1)Cc1nccs1)C(=O)O. The van der Waals surface area contributed by atoms with Crippen LogP contribution in [0.3, 0.4) is 0 Å². The van der Waals surface area contributed by atoms with E-state index in [1.54, 1.807) is 55.8 Å². The second-order valence-electron chi connectivity index (χ2n) is 7.60. The van der Waals surface area contributed by atoms with Gasteiger partial charge in [0, 0.05) is 23.2 Å². The molecular weight excluding hydrogens is 412 g/mol. The number of thiazole rings is 2. The molecule has 2 aromatic rings. The Labute approximate surface area is 178 Å². The van der Waals surface area contributed by atoms with Crippen molar-refractivity contribution >= 4 is 34.7 Å². The van der Waals surface area contributed by atoms with E-state index >= 15 is 0 Å². The van der Waals surface area contributed by atoms with Crippen LogP contribution >= 0.6 is 22.7 Å². The third kappa shape index (κ3) is 9.33. The second kappa shape index (κ2) is 11.2. The maximum Gasteiger partial charge on any atom is 0.408 e. The van der Waals surface area contributed by atoms with Crippen molar-refractivity contribution in [2.24, 2.45) is 0 Å². The number of nitrogens with zero attached hydrogens (tertiary/aromatic N) is 3. The molecule has 10 heteroatoms. The van der Waals surface area contributed by atoms with E-state index in [4.69, 9.17) is 4.74 Å². The Morgan fingerprint density at radius 2 is 1.72 bits per heavy atom. The highest BCUT2D eigenvalue weighted by Crippen LogP contribution is 2.15. The number of carbonyl (C=O) groups excluding carboxylic acids is 1. The molecule has 0 saturated carbocycles. The van der Waals surface area contributed by atoms with Gasteiger partial charge in [-0.1, -0.05) is 0 Å². The van der Waals surface area contributed by atoms with Gasteiger partial charge in [-0.3, -0.25) is 4.90 Å². The standard InChI is InChI=1S/C19H28N4O4S2/c1-19(2,3)27-18(26)22-14(17(24)25)6-4-5-9-23(12-15-20-7-10-28-15)13-16-21-8-11-29-16/h7-8,10-11,14H,4-6,9,12-13H2,1-3H3,(H,22,26)(H,24,25)/t14-/m1/s1. The van der Waals surface area contributed by atoms with E-state index < -0.39 is 23.7 Å². The number of ether oxygens (including phenoxy) is 1. The molecule has 0 aromatic carbocycles. The molecule has 0 fully saturated rings. The molecule has 1 atom stereocenters. The third-order valence-electron chi connectivity index (χ3n) is 3.89. The zero-order valence-electron chi connectivity index (χ0n) is 17.0. The Kier molecular flexibility index (Phi) is 8.99. The van der Waals surface area contributed by atoms with Crippen molar-refractivity contribution < 1.29 is 19.4 Å². The fourth-order valence-corrected chi connectivity index (χ4v) is 3.97. The lowest BCUT2D eigenvalue weighted by Gasteiger charge is -2.22. The van der Waals surface area contributed by atoms with Gasteiger partial charge in [-0.25, -0.2) is 19.6 Å². The van der Waals surface area contributed by atoms with Crippen molar-refractivity contribution in [3.63, 3.8) is 0 Å². The highest BCUT2D eigenvalue weighted by molar-refractivity contribution is 7.09. The number of hydrogen-bond acceptors (Lipinski definition) is 8. The molecule has 2 aromatic heterocycles. The molecule has 0 saturated heterocycles. The summed E-state index contributed by atoms with van der Waals surface area (Å²) >= 11 is 3.23. The summed E-state index contributed by atoms with van der Waals surface area (Å²) in [5, 5.41) is 17.8. The number of aliphatic carboxylic acids is 1. The molecule has 0 aliphatic rings. The first-order chi connectivity index (χ1) is 13.7. The van der Waals surface area contributed by atoms with Crippen LogP contribution in [0.5, 0.6) is 0 Å². The van der Waals surface area contributed by atoms with Gasteiger partial charge >= 0.3 is 12.1 Å². The van der Waals surface area contributed by atoms with Crippen molar-refractivity contribution in [3.8, 4) is 0 Å². The summed E-state index contributed by atoms with van der Waals surface area (Å²) < 4.78 is 5.15. The number of carbonyl (C=O) groups is 2. The molecule has 2 heterocycles. The summed E-state index contributed by atoms with van der Waals surface area (Å²) in [7, 11) is 0. The van der Waals surface area contributed by atoms with Crippen LogP contribution in [0.1, 0.15) is 50.0 Å². The Morgan fingerprint density at radius 1 is 1.14 bits per heavy atom. The number of nitrogens with one attached hydrogen (secondary N) is 1. The van der Waals surface area contributed by atoms with Gasteiger partial charge in [0.2, 0.25) is 0 Å². The monoisotopic (exact) mass is 440 g/mol. The molecule has 29 heavy (non-hydrogen) atoms. The molecule has 0 unspecified atom stereocenters. The van der Waals surface area contributed by atoms with E-state index in [0.29, 0.717) is 12.8 Å². The van der Waals surface area contributed by atoms with Gasteiger partial charge in [0.1, 0.15) is 21.7 Å². The predicted molar refractivity (Wildman–Crippen MR) is 113 cm³/mol. The first kappa shape index (κ1) is 23.2. The Hall–Kier alpha value is -2.04. The molecular formula is C19H28N4O4S2. The molecule has 0 bridgehead atoms. The van der Waals surface area contributed by atoms with Crippen LogP contribution in [0.25, 0.3) is 0 Å². The first-order valence-corrected chi connectivity index (χ1v) is 11.2. The van der Waals surface area contributed by atoms with E-state index in [2.05, 4.69) is 20.2 Å². The number of amides is 1. The van der Waals surface area contributed by atoms with E-state index in [1.807, 2.05) is 10.8 Å². The van der Waals surface area contributed by atoms with Crippen LogP contribution in [0.4, 0.5) is 4.79 Å². The molecule has 8 nitrogen and oxygen atoms in total. The largest absolute Gasteiger partial charge is 0.480 e. The van der Waals surface area contributed by atoms with Crippen molar-refractivity contribution in [3.05, 3.63) is 33.2 Å². The number of alkyl carbamates (subject to hydrolysis) is 1. The fourth-order valence-electron chi connectivity index (χ4n) is 2.65. The molecule has 0 radical (unpaired) electrons.